The molecule has 2 heterocycles. The highest BCUT2D eigenvalue weighted by Crippen LogP contribution is 2.21. The highest BCUT2D eigenvalue weighted by molar-refractivity contribution is 5.81. The van der Waals surface area contributed by atoms with Gasteiger partial charge in [-0.1, -0.05) is 19.1 Å². The number of ether oxygens (including phenoxy) is 1. The first-order valence-corrected chi connectivity index (χ1v) is 10.6. The van der Waals surface area contributed by atoms with Gasteiger partial charge in [-0.15, -0.1) is 0 Å². The van der Waals surface area contributed by atoms with Gasteiger partial charge in [0.2, 0.25) is 11.8 Å². The van der Waals surface area contributed by atoms with Crippen molar-refractivity contribution in [1.29, 1.82) is 0 Å². The van der Waals surface area contributed by atoms with E-state index in [1.165, 1.54) is 5.56 Å². The predicted octanol–water partition coefficient (Wildman–Crippen LogP) is 2.38. The zero-order valence-electron chi connectivity index (χ0n) is 17.2. The van der Waals surface area contributed by atoms with Crippen molar-refractivity contribution in [2.75, 3.05) is 45.9 Å². The van der Waals surface area contributed by atoms with Crippen molar-refractivity contribution in [3.8, 4) is 5.75 Å². The maximum atomic E-state index is 12.9. The molecule has 2 aliphatic heterocycles. The van der Waals surface area contributed by atoms with Gasteiger partial charge in [0, 0.05) is 52.2 Å². The Balaban J connectivity index is 1.46. The Labute approximate surface area is 168 Å². The van der Waals surface area contributed by atoms with E-state index >= 15 is 0 Å². The molecular formula is C22H33N3O3. The maximum Gasteiger partial charge on any atom is 0.227 e. The monoisotopic (exact) mass is 387 g/mol. The summed E-state index contributed by atoms with van der Waals surface area (Å²) in [6.45, 7) is 10.2. The van der Waals surface area contributed by atoms with E-state index in [4.69, 9.17) is 4.74 Å². The molecule has 0 N–H and O–H groups in total. The normalized spacial score (nSPS) is 20.9. The SMILES string of the molecule is CCOc1ccc(CN2CCN(C(=O)C3CCCN(C(=O)CC)C3)CC2)cc1. The standard InChI is InChI=1S/C22H33N3O3/c1-3-21(26)25-11-5-6-19(17-25)22(27)24-14-12-23(13-15-24)16-18-7-9-20(10-8-18)28-4-2/h7-10,19H,3-6,11-17H2,1-2H3. The highest BCUT2D eigenvalue weighted by atomic mass is 16.5. The summed E-state index contributed by atoms with van der Waals surface area (Å²) >= 11 is 0. The number of hydrogen-bond donors (Lipinski definition) is 0. The summed E-state index contributed by atoms with van der Waals surface area (Å²) in [6.07, 6.45) is 2.35. The third-order valence-corrected chi connectivity index (χ3v) is 5.75. The predicted molar refractivity (Wildman–Crippen MR) is 109 cm³/mol. The topological polar surface area (TPSA) is 53.1 Å². The molecule has 6 nitrogen and oxygen atoms in total. The van der Waals surface area contributed by atoms with Crippen molar-refractivity contribution in [3.05, 3.63) is 29.8 Å². The number of amides is 2. The minimum atomic E-state index is -0.0260. The number of benzene rings is 1. The third-order valence-electron chi connectivity index (χ3n) is 5.75. The Kier molecular flexibility index (Phi) is 7.31. The lowest BCUT2D eigenvalue weighted by atomic mass is 9.96. The average molecular weight is 388 g/mol. The van der Waals surface area contributed by atoms with Crippen molar-refractivity contribution in [2.24, 2.45) is 5.92 Å². The Hall–Kier alpha value is -2.08. The van der Waals surface area contributed by atoms with Crippen LogP contribution in [-0.2, 0) is 16.1 Å². The summed E-state index contributed by atoms with van der Waals surface area (Å²) in [6, 6.07) is 8.27. The van der Waals surface area contributed by atoms with E-state index in [0.29, 0.717) is 19.6 Å². The fourth-order valence-corrected chi connectivity index (χ4v) is 4.13. The van der Waals surface area contributed by atoms with Gasteiger partial charge >= 0.3 is 0 Å². The van der Waals surface area contributed by atoms with Crippen LogP contribution < -0.4 is 4.74 Å². The van der Waals surface area contributed by atoms with Crippen molar-refractivity contribution < 1.29 is 14.3 Å². The molecule has 2 saturated heterocycles. The van der Waals surface area contributed by atoms with E-state index in [1.54, 1.807) is 0 Å². The molecule has 1 aromatic carbocycles. The molecule has 1 unspecified atom stereocenters. The Morgan fingerprint density at radius 1 is 1.00 bits per heavy atom. The number of likely N-dealkylation sites (tertiary alicyclic amines) is 1. The minimum Gasteiger partial charge on any atom is -0.494 e. The second-order valence-electron chi connectivity index (χ2n) is 7.71. The zero-order chi connectivity index (χ0) is 19.9. The summed E-state index contributed by atoms with van der Waals surface area (Å²) in [5.41, 5.74) is 1.27. The van der Waals surface area contributed by atoms with E-state index in [-0.39, 0.29) is 17.7 Å². The van der Waals surface area contributed by atoms with Gasteiger partial charge in [-0.25, -0.2) is 0 Å². The molecule has 0 saturated carbocycles. The molecule has 0 aromatic heterocycles. The van der Waals surface area contributed by atoms with Crippen LogP contribution >= 0.6 is 0 Å². The molecule has 1 atom stereocenters. The van der Waals surface area contributed by atoms with Crippen LogP contribution in [0.3, 0.4) is 0 Å². The van der Waals surface area contributed by atoms with Crippen LogP contribution in [-0.4, -0.2) is 72.4 Å². The van der Waals surface area contributed by atoms with Crippen molar-refractivity contribution >= 4 is 11.8 Å². The van der Waals surface area contributed by atoms with E-state index in [2.05, 4.69) is 17.0 Å². The smallest absolute Gasteiger partial charge is 0.227 e. The second kappa shape index (κ2) is 9.92. The van der Waals surface area contributed by atoms with Gasteiger partial charge in [-0.2, -0.15) is 0 Å². The molecule has 0 bridgehead atoms. The highest BCUT2D eigenvalue weighted by Gasteiger charge is 2.32. The number of piperidine rings is 1. The van der Waals surface area contributed by atoms with Crippen molar-refractivity contribution in [3.63, 3.8) is 0 Å². The van der Waals surface area contributed by atoms with Gasteiger partial charge in [0.25, 0.3) is 0 Å². The number of nitrogens with zero attached hydrogens (tertiary/aromatic N) is 3. The largest absolute Gasteiger partial charge is 0.494 e. The molecule has 0 spiro atoms. The quantitative estimate of drug-likeness (QED) is 0.752. The lowest BCUT2D eigenvalue weighted by Gasteiger charge is -2.39. The van der Waals surface area contributed by atoms with E-state index < -0.39 is 0 Å². The molecule has 6 heteroatoms. The van der Waals surface area contributed by atoms with Crippen LogP contribution in [0.5, 0.6) is 5.75 Å². The van der Waals surface area contributed by atoms with Gasteiger partial charge in [-0.3, -0.25) is 14.5 Å². The van der Waals surface area contributed by atoms with Crippen LogP contribution in [0.15, 0.2) is 24.3 Å². The summed E-state index contributed by atoms with van der Waals surface area (Å²) in [5, 5.41) is 0. The summed E-state index contributed by atoms with van der Waals surface area (Å²) < 4.78 is 5.50. The van der Waals surface area contributed by atoms with Crippen molar-refractivity contribution in [1.82, 2.24) is 14.7 Å². The number of carbonyl (C=O) groups excluding carboxylic acids is 2. The molecule has 0 aliphatic carbocycles. The number of hydrogen-bond acceptors (Lipinski definition) is 4. The van der Waals surface area contributed by atoms with E-state index in [1.807, 2.05) is 35.8 Å². The van der Waals surface area contributed by atoms with Crippen LogP contribution in [0.1, 0.15) is 38.7 Å². The fourth-order valence-electron chi connectivity index (χ4n) is 4.13. The van der Waals surface area contributed by atoms with Crippen molar-refractivity contribution in [2.45, 2.75) is 39.7 Å². The lowest BCUT2D eigenvalue weighted by molar-refractivity contribution is -0.142. The van der Waals surface area contributed by atoms with Crippen LogP contribution in [0, 0.1) is 5.92 Å². The average Bonchev–Trinajstić information content (AvgIpc) is 2.75. The Morgan fingerprint density at radius 3 is 2.36 bits per heavy atom. The molecule has 2 fully saturated rings. The molecular weight excluding hydrogens is 354 g/mol. The van der Waals surface area contributed by atoms with Gasteiger partial charge in [-0.05, 0) is 37.5 Å². The number of rotatable bonds is 6. The molecule has 2 aliphatic rings. The number of carbonyl (C=O) groups is 2. The van der Waals surface area contributed by atoms with Gasteiger partial charge in [0.05, 0.1) is 12.5 Å². The first kappa shape index (κ1) is 20.6. The van der Waals surface area contributed by atoms with Gasteiger partial charge < -0.3 is 14.5 Å². The van der Waals surface area contributed by atoms with E-state index in [9.17, 15) is 9.59 Å². The van der Waals surface area contributed by atoms with Crippen LogP contribution in [0.4, 0.5) is 0 Å². The van der Waals surface area contributed by atoms with Crippen LogP contribution in [0.2, 0.25) is 0 Å². The lowest BCUT2D eigenvalue weighted by Crippen LogP contribution is -2.52. The second-order valence-corrected chi connectivity index (χ2v) is 7.71. The zero-order valence-corrected chi connectivity index (χ0v) is 17.2. The summed E-state index contributed by atoms with van der Waals surface area (Å²) in [4.78, 5) is 31.2. The minimum absolute atomic E-state index is 0.0260. The molecule has 3 rings (SSSR count). The molecule has 0 radical (unpaired) electrons. The first-order chi connectivity index (χ1) is 13.6. The maximum absolute atomic E-state index is 12.9. The molecule has 28 heavy (non-hydrogen) atoms. The Bertz CT molecular complexity index is 653. The third kappa shape index (κ3) is 5.25. The summed E-state index contributed by atoms with van der Waals surface area (Å²) in [5.74, 6) is 1.28. The number of piperazine rings is 1. The van der Waals surface area contributed by atoms with Gasteiger partial charge in [0.15, 0.2) is 0 Å². The summed E-state index contributed by atoms with van der Waals surface area (Å²) in [7, 11) is 0. The molecule has 154 valence electrons. The fraction of sp³-hybridized carbons (Fsp3) is 0.636. The van der Waals surface area contributed by atoms with E-state index in [0.717, 1.165) is 57.9 Å². The molecule has 2 amide bonds. The first-order valence-electron chi connectivity index (χ1n) is 10.6. The van der Waals surface area contributed by atoms with Gasteiger partial charge in [0.1, 0.15) is 5.75 Å². The molecule has 1 aromatic rings. The van der Waals surface area contributed by atoms with Crippen LogP contribution in [0.25, 0.3) is 0 Å². The Morgan fingerprint density at radius 2 is 1.71 bits per heavy atom.